The molecule has 1 aliphatic rings. The Kier molecular flexibility index (Phi) is 4.71. The normalized spacial score (nSPS) is 24.9. The molecule has 0 bridgehead atoms. The zero-order valence-electron chi connectivity index (χ0n) is 8.86. The third-order valence-corrected chi connectivity index (χ3v) is 2.95. The lowest BCUT2D eigenvalue weighted by molar-refractivity contribution is -0.118. The third-order valence-electron chi connectivity index (χ3n) is 2.66. The van der Waals surface area contributed by atoms with E-state index in [4.69, 9.17) is 0 Å². The topological polar surface area (TPSA) is 35.6 Å². The second-order valence-electron chi connectivity index (χ2n) is 3.86. The van der Waals surface area contributed by atoms with Gasteiger partial charge in [0.05, 0.1) is 5.75 Å². The highest BCUT2D eigenvalue weighted by Crippen LogP contribution is 2.04. The summed E-state index contributed by atoms with van der Waals surface area (Å²) in [5.74, 6) is 0.279. The molecule has 0 aromatic rings. The van der Waals surface area contributed by atoms with Crippen LogP contribution in [0.3, 0.4) is 0 Å². The molecule has 4 nitrogen and oxygen atoms in total. The minimum atomic E-state index is 0.00922. The monoisotopic (exact) mass is 217 g/mol. The van der Waals surface area contributed by atoms with Crippen LogP contribution in [0.5, 0.6) is 0 Å². The van der Waals surface area contributed by atoms with Crippen molar-refractivity contribution in [3.8, 4) is 0 Å². The summed E-state index contributed by atoms with van der Waals surface area (Å²) in [7, 11) is 4.21. The minimum Gasteiger partial charge on any atom is -0.354 e. The van der Waals surface area contributed by atoms with Crippen LogP contribution in [0, 0.1) is 0 Å². The Balaban J connectivity index is 2.30. The number of piperazine rings is 1. The van der Waals surface area contributed by atoms with Crippen molar-refractivity contribution >= 4 is 18.5 Å². The van der Waals surface area contributed by atoms with Crippen LogP contribution in [-0.4, -0.2) is 67.8 Å². The summed E-state index contributed by atoms with van der Waals surface area (Å²) in [4.78, 5) is 15.6. The van der Waals surface area contributed by atoms with Crippen molar-refractivity contribution in [2.75, 3.05) is 46.0 Å². The van der Waals surface area contributed by atoms with Crippen LogP contribution in [-0.2, 0) is 4.79 Å². The number of amides is 1. The van der Waals surface area contributed by atoms with E-state index in [1.807, 2.05) is 0 Å². The first kappa shape index (κ1) is 11.8. The van der Waals surface area contributed by atoms with Crippen molar-refractivity contribution in [1.82, 2.24) is 15.1 Å². The summed E-state index contributed by atoms with van der Waals surface area (Å²) >= 11 is 3.92. The Labute approximate surface area is 91.0 Å². The smallest absolute Gasteiger partial charge is 0.229 e. The lowest BCUT2D eigenvalue weighted by atomic mass is 10.2. The van der Waals surface area contributed by atoms with E-state index in [0.717, 1.165) is 26.2 Å². The first-order valence-corrected chi connectivity index (χ1v) is 5.53. The van der Waals surface area contributed by atoms with Gasteiger partial charge in [0.2, 0.25) is 5.91 Å². The lowest BCUT2D eigenvalue weighted by Gasteiger charge is -2.37. The number of rotatable bonds is 3. The number of carbonyl (C=O) groups is 1. The molecule has 0 saturated carbocycles. The molecule has 1 rings (SSSR count). The molecule has 1 amide bonds. The lowest BCUT2D eigenvalue weighted by Crippen LogP contribution is -2.54. The first-order chi connectivity index (χ1) is 6.63. The average Bonchev–Trinajstić information content (AvgIpc) is 2.19. The van der Waals surface area contributed by atoms with Crippen LogP contribution in [0.4, 0.5) is 0 Å². The Morgan fingerprint density at radius 3 is 2.86 bits per heavy atom. The fourth-order valence-corrected chi connectivity index (χ4v) is 1.72. The molecule has 5 heteroatoms. The molecule has 1 atom stereocenters. The minimum absolute atomic E-state index is 0.00922. The highest BCUT2D eigenvalue weighted by molar-refractivity contribution is 7.81. The van der Waals surface area contributed by atoms with Crippen LogP contribution in [0.2, 0.25) is 0 Å². The van der Waals surface area contributed by atoms with Crippen LogP contribution in [0.15, 0.2) is 0 Å². The standard InChI is InChI=1S/C9H19N3OS/c1-11-3-4-12(2)8(6-11)5-10-9(13)7-14/h8,14H,3-7H2,1-2H3,(H,10,13). The molecule has 0 spiro atoms. The van der Waals surface area contributed by atoms with Gasteiger partial charge in [0, 0.05) is 32.2 Å². The first-order valence-electron chi connectivity index (χ1n) is 4.90. The maximum Gasteiger partial charge on any atom is 0.229 e. The second kappa shape index (κ2) is 5.58. The number of nitrogens with one attached hydrogen (secondary N) is 1. The van der Waals surface area contributed by atoms with Gasteiger partial charge in [0.15, 0.2) is 0 Å². The largest absolute Gasteiger partial charge is 0.354 e. The van der Waals surface area contributed by atoms with Gasteiger partial charge in [-0.2, -0.15) is 12.6 Å². The molecule has 1 heterocycles. The molecule has 14 heavy (non-hydrogen) atoms. The zero-order valence-corrected chi connectivity index (χ0v) is 9.76. The van der Waals surface area contributed by atoms with Crippen molar-refractivity contribution in [3.05, 3.63) is 0 Å². The number of likely N-dealkylation sites (N-methyl/N-ethyl adjacent to an activating group) is 2. The van der Waals surface area contributed by atoms with Crippen LogP contribution in [0.1, 0.15) is 0 Å². The molecule has 1 fully saturated rings. The average molecular weight is 217 g/mol. The number of thiol groups is 1. The molecular weight excluding hydrogens is 198 g/mol. The van der Waals surface area contributed by atoms with Gasteiger partial charge < -0.3 is 10.2 Å². The highest BCUT2D eigenvalue weighted by Gasteiger charge is 2.21. The molecule has 0 radical (unpaired) electrons. The number of nitrogens with zero attached hydrogens (tertiary/aromatic N) is 2. The van der Waals surface area contributed by atoms with Gasteiger partial charge in [-0.15, -0.1) is 0 Å². The molecule has 1 unspecified atom stereocenters. The van der Waals surface area contributed by atoms with E-state index in [2.05, 4.69) is 41.8 Å². The SMILES string of the molecule is CN1CCN(C)C(CNC(=O)CS)C1. The third kappa shape index (κ3) is 3.48. The van der Waals surface area contributed by atoms with Crippen LogP contribution < -0.4 is 5.32 Å². The van der Waals surface area contributed by atoms with E-state index in [1.165, 1.54) is 0 Å². The quantitative estimate of drug-likeness (QED) is 0.612. The van der Waals surface area contributed by atoms with E-state index in [-0.39, 0.29) is 11.7 Å². The van der Waals surface area contributed by atoms with E-state index >= 15 is 0 Å². The van der Waals surface area contributed by atoms with Crippen molar-refractivity contribution in [2.24, 2.45) is 0 Å². The van der Waals surface area contributed by atoms with Crippen LogP contribution in [0.25, 0.3) is 0 Å². The van der Waals surface area contributed by atoms with Crippen molar-refractivity contribution < 1.29 is 4.79 Å². The van der Waals surface area contributed by atoms with Gasteiger partial charge in [0.25, 0.3) is 0 Å². The summed E-state index contributed by atoms with van der Waals surface area (Å²) in [6.07, 6.45) is 0. The molecule has 1 N–H and O–H groups in total. The van der Waals surface area contributed by atoms with Crippen molar-refractivity contribution in [3.63, 3.8) is 0 Å². The zero-order chi connectivity index (χ0) is 10.6. The van der Waals surface area contributed by atoms with Crippen molar-refractivity contribution in [2.45, 2.75) is 6.04 Å². The van der Waals surface area contributed by atoms with Crippen LogP contribution >= 0.6 is 12.6 Å². The molecule has 0 aromatic carbocycles. The summed E-state index contributed by atoms with van der Waals surface area (Å²) in [5, 5.41) is 2.87. The van der Waals surface area contributed by atoms with Crippen molar-refractivity contribution in [1.29, 1.82) is 0 Å². The summed E-state index contributed by atoms with van der Waals surface area (Å²) in [6.45, 7) is 3.91. The van der Waals surface area contributed by atoms with Gasteiger partial charge in [-0.25, -0.2) is 0 Å². The maximum absolute atomic E-state index is 11.0. The Morgan fingerprint density at radius 1 is 1.50 bits per heavy atom. The van der Waals surface area contributed by atoms with Gasteiger partial charge in [0.1, 0.15) is 0 Å². The maximum atomic E-state index is 11.0. The second-order valence-corrected chi connectivity index (χ2v) is 4.18. The number of hydrogen-bond acceptors (Lipinski definition) is 4. The Bertz CT molecular complexity index is 200. The fraction of sp³-hybridized carbons (Fsp3) is 0.889. The van der Waals surface area contributed by atoms with Gasteiger partial charge in [-0.05, 0) is 14.1 Å². The summed E-state index contributed by atoms with van der Waals surface area (Å²) in [5.41, 5.74) is 0. The van der Waals surface area contributed by atoms with E-state index < -0.39 is 0 Å². The molecule has 0 aliphatic carbocycles. The predicted molar refractivity (Wildman–Crippen MR) is 60.8 cm³/mol. The van der Waals surface area contributed by atoms with Gasteiger partial charge >= 0.3 is 0 Å². The fourth-order valence-electron chi connectivity index (χ4n) is 1.61. The molecular formula is C9H19N3OS. The molecule has 0 aromatic heterocycles. The molecule has 1 saturated heterocycles. The molecule has 1 aliphatic heterocycles. The highest BCUT2D eigenvalue weighted by atomic mass is 32.1. The Hall–Kier alpha value is -0.260. The summed E-state index contributed by atoms with van der Waals surface area (Å²) < 4.78 is 0. The molecule has 82 valence electrons. The predicted octanol–water partition coefficient (Wildman–Crippen LogP) is -0.722. The van der Waals surface area contributed by atoms with E-state index in [1.54, 1.807) is 0 Å². The summed E-state index contributed by atoms with van der Waals surface area (Å²) in [6, 6.07) is 0.428. The van der Waals surface area contributed by atoms with E-state index in [9.17, 15) is 4.79 Å². The number of carbonyl (C=O) groups excluding carboxylic acids is 1. The Morgan fingerprint density at radius 2 is 2.21 bits per heavy atom. The number of hydrogen-bond donors (Lipinski definition) is 2. The van der Waals surface area contributed by atoms with Gasteiger partial charge in [-0.1, -0.05) is 0 Å². The van der Waals surface area contributed by atoms with Gasteiger partial charge in [-0.3, -0.25) is 9.69 Å². The van der Waals surface area contributed by atoms with E-state index in [0.29, 0.717) is 6.04 Å².